The van der Waals surface area contributed by atoms with Gasteiger partial charge in [0.05, 0.1) is 11.0 Å². The van der Waals surface area contributed by atoms with Crippen LogP contribution >= 0.6 is 24.8 Å². The molecule has 5 heteroatoms. The van der Waals surface area contributed by atoms with Gasteiger partial charge in [-0.1, -0.05) is 6.42 Å². The Morgan fingerprint density at radius 2 is 2.00 bits per heavy atom. The predicted octanol–water partition coefficient (Wildman–Crippen LogP) is 3.26. The Kier molecular flexibility index (Phi) is 4.05. The molecule has 3 N–H and O–H groups in total. The average Bonchev–Trinajstić information content (AvgIpc) is 2.43. The minimum atomic E-state index is 0. The van der Waals surface area contributed by atoms with Gasteiger partial charge < -0.3 is 10.7 Å². The van der Waals surface area contributed by atoms with Crippen molar-refractivity contribution in [2.24, 2.45) is 0 Å². The second-order valence-electron chi connectivity index (χ2n) is 4.03. The summed E-state index contributed by atoms with van der Waals surface area (Å²) in [6.45, 7) is 0. The molecule has 0 unspecified atom stereocenters. The zero-order valence-corrected chi connectivity index (χ0v) is 10.4. The van der Waals surface area contributed by atoms with E-state index in [1.54, 1.807) is 0 Å². The number of benzene rings is 1. The second-order valence-corrected chi connectivity index (χ2v) is 4.03. The van der Waals surface area contributed by atoms with Gasteiger partial charge in [0, 0.05) is 11.6 Å². The van der Waals surface area contributed by atoms with E-state index in [1.807, 2.05) is 18.2 Å². The van der Waals surface area contributed by atoms with Crippen LogP contribution in [0.15, 0.2) is 18.2 Å². The fourth-order valence-electron chi connectivity index (χ4n) is 1.92. The molecule has 1 aliphatic rings. The van der Waals surface area contributed by atoms with Crippen molar-refractivity contribution < 1.29 is 0 Å². The number of nitrogens with one attached hydrogen (secondary N) is 1. The number of anilines is 1. The maximum Gasteiger partial charge on any atom is 0.110 e. The molecule has 1 heterocycles. The number of halogens is 2. The molecule has 0 aliphatic heterocycles. The van der Waals surface area contributed by atoms with Crippen LogP contribution in [0.5, 0.6) is 0 Å². The van der Waals surface area contributed by atoms with E-state index in [0.29, 0.717) is 5.92 Å². The van der Waals surface area contributed by atoms with Crippen LogP contribution in [0, 0.1) is 0 Å². The Morgan fingerprint density at radius 3 is 2.62 bits per heavy atom. The van der Waals surface area contributed by atoms with E-state index < -0.39 is 0 Å². The van der Waals surface area contributed by atoms with E-state index in [4.69, 9.17) is 5.73 Å². The van der Waals surface area contributed by atoms with Gasteiger partial charge in [0.2, 0.25) is 0 Å². The number of hydrogen-bond acceptors (Lipinski definition) is 2. The molecule has 1 aromatic heterocycles. The van der Waals surface area contributed by atoms with Crippen LogP contribution in [0.2, 0.25) is 0 Å². The third-order valence-corrected chi connectivity index (χ3v) is 3.02. The lowest BCUT2D eigenvalue weighted by Crippen LogP contribution is -2.10. The Balaban J connectivity index is 0.000000640. The van der Waals surface area contributed by atoms with E-state index in [9.17, 15) is 0 Å². The van der Waals surface area contributed by atoms with Crippen molar-refractivity contribution >= 4 is 41.5 Å². The van der Waals surface area contributed by atoms with Gasteiger partial charge in [-0.3, -0.25) is 0 Å². The lowest BCUT2D eigenvalue weighted by molar-refractivity contribution is 0.405. The Hall–Kier alpha value is -0.930. The normalized spacial score (nSPS) is 15.0. The van der Waals surface area contributed by atoms with E-state index in [-0.39, 0.29) is 24.8 Å². The molecule has 1 saturated carbocycles. The molecule has 3 rings (SSSR count). The van der Waals surface area contributed by atoms with Crippen LogP contribution in [-0.4, -0.2) is 9.97 Å². The molecule has 0 amide bonds. The summed E-state index contributed by atoms with van der Waals surface area (Å²) in [5, 5.41) is 0. The van der Waals surface area contributed by atoms with Crippen molar-refractivity contribution in [3.63, 3.8) is 0 Å². The van der Waals surface area contributed by atoms with Crippen molar-refractivity contribution in [2.45, 2.75) is 25.2 Å². The number of aromatic amines is 1. The summed E-state index contributed by atoms with van der Waals surface area (Å²) in [6, 6.07) is 5.82. The summed E-state index contributed by atoms with van der Waals surface area (Å²) in [5.41, 5.74) is 8.59. The number of hydrogen-bond donors (Lipinski definition) is 2. The van der Waals surface area contributed by atoms with Gasteiger partial charge in [0.1, 0.15) is 5.82 Å². The Bertz CT molecular complexity index is 477. The highest BCUT2D eigenvalue weighted by molar-refractivity contribution is 5.85. The Labute approximate surface area is 107 Å². The summed E-state index contributed by atoms with van der Waals surface area (Å²) in [6.07, 6.45) is 3.88. The number of nitrogens with zero attached hydrogens (tertiary/aromatic N) is 1. The average molecular weight is 260 g/mol. The van der Waals surface area contributed by atoms with Crippen molar-refractivity contribution in [3.8, 4) is 0 Å². The lowest BCUT2D eigenvalue weighted by atomic mass is 9.85. The molecule has 0 atom stereocenters. The summed E-state index contributed by atoms with van der Waals surface area (Å²) in [7, 11) is 0. The predicted molar refractivity (Wildman–Crippen MR) is 71.6 cm³/mol. The molecule has 2 aromatic rings. The van der Waals surface area contributed by atoms with Crippen LogP contribution in [0.3, 0.4) is 0 Å². The minimum Gasteiger partial charge on any atom is -0.399 e. The quantitative estimate of drug-likeness (QED) is 0.773. The summed E-state index contributed by atoms with van der Waals surface area (Å²) in [5.74, 6) is 1.79. The third kappa shape index (κ3) is 2.11. The largest absolute Gasteiger partial charge is 0.399 e. The molecular weight excluding hydrogens is 245 g/mol. The summed E-state index contributed by atoms with van der Waals surface area (Å²) >= 11 is 0. The summed E-state index contributed by atoms with van der Waals surface area (Å²) < 4.78 is 0. The molecule has 88 valence electrons. The molecule has 3 nitrogen and oxygen atoms in total. The lowest BCUT2D eigenvalue weighted by Gasteiger charge is -2.22. The number of fused-ring (bicyclic) bond motifs is 1. The van der Waals surface area contributed by atoms with Crippen LogP contribution in [0.4, 0.5) is 5.69 Å². The SMILES string of the molecule is Cl.Cl.Nc1ccc2nc(C3CCC3)[nH]c2c1. The molecule has 0 spiro atoms. The van der Waals surface area contributed by atoms with Gasteiger partial charge in [-0.2, -0.15) is 0 Å². The van der Waals surface area contributed by atoms with Crippen molar-refractivity contribution in [1.29, 1.82) is 0 Å². The van der Waals surface area contributed by atoms with Crippen molar-refractivity contribution in [1.82, 2.24) is 9.97 Å². The standard InChI is InChI=1S/C11H13N3.2ClH/c12-8-4-5-9-10(6-8)14-11(13-9)7-2-1-3-7;;/h4-7H,1-3,12H2,(H,13,14);2*1H. The highest BCUT2D eigenvalue weighted by Gasteiger charge is 2.22. The van der Waals surface area contributed by atoms with Crippen molar-refractivity contribution in [3.05, 3.63) is 24.0 Å². The molecule has 1 aromatic carbocycles. The van der Waals surface area contributed by atoms with Crippen LogP contribution < -0.4 is 5.73 Å². The number of rotatable bonds is 1. The van der Waals surface area contributed by atoms with Gasteiger partial charge >= 0.3 is 0 Å². The maximum atomic E-state index is 5.71. The molecule has 0 bridgehead atoms. The number of H-pyrrole nitrogens is 1. The van der Waals surface area contributed by atoms with E-state index in [2.05, 4.69) is 9.97 Å². The molecule has 1 fully saturated rings. The van der Waals surface area contributed by atoms with Gasteiger partial charge in [-0.15, -0.1) is 24.8 Å². The van der Waals surface area contributed by atoms with Gasteiger partial charge in [0.15, 0.2) is 0 Å². The smallest absolute Gasteiger partial charge is 0.110 e. The Morgan fingerprint density at radius 1 is 1.25 bits per heavy atom. The van der Waals surface area contributed by atoms with Crippen LogP contribution in [0.25, 0.3) is 11.0 Å². The monoisotopic (exact) mass is 259 g/mol. The number of nitrogen functional groups attached to an aromatic ring is 1. The third-order valence-electron chi connectivity index (χ3n) is 3.02. The van der Waals surface area contributed by atoms with Crippen LogP contribution in [-0.2, 0) is 0 Å². The second kappa shape index (κ2) is 4.93. The number of imidazole rings is 1. The van der Waals surface area contributed by atoms with Gasteiger partial charge in [-0.25, -0.2) is 4.98 Å². The van der Waals surface area contributed by atoms with Gasteiger partial charge in [-0.05, 0) is 31.0 Å². The van der Waals surface area contributed by atoms with Gasteiger partial charge in [0.25, 0.3) is 0 Å². The molecule has 0 saturated heterocycles. The highest BCUT2D eigenvalue weighted by Crippen LogP contribution is 2.35. The summed E-state index contributed by atoms with van der Waals surface area (Å²) in [4.78, 5) is 7.91. The first-order valence-corrected chi connectivity index (χ1v) is 5.08. The molecule has 0 radical (unpaired) electrons. The van der Waals surface area contributed by atoms with E-state index >= 15 is 0 Å². The fourth-order valence-corrected chi connectivity index (χ4v) is 1.92. The highest BCUT2D eigenvalue weighted by atomic mass is 35.5. The number of aromatic nitrogens is 2. The topological polar surface area (TPSA) is 54.7 Å². The minimum absolute atomic E-state index is 0. The molecular formula is C11H15Cl2N3. The van der Waals surface area contributed by atoms with Crippen molar-refractivity contribution in [2.75, 3.05) is 5.73 Å². The fraction of sp³-hybridized carbons (Fsp3) is 0.364. The molecule has 16 heavy (non-hydrogen) atoms. The zero-order valence-electron chi connectivity index (χ0n) is 8.77. The zero-order chi connectivity index (χ0) is 9.54. The van der Waals surface area contributed by atoms with Crippen LogP contribution in [0.1, 0.15) is 31.0 Å². The van der Waals surface area contributed by atoms with E-state index in [1.165, 1.54) is 19.3 Å². The maximum absolute atomic E-state index is 5.71. The van der Waals surface area contributed by atoms with E-state index in [0.717, 1.165) is 22.5 Å². The first kappa shape index (κ1) is 13.1. The number of nitrogens with two attached hydrogens (primary N) is 1. The first-order valence-electron chi connectivity index (χ1n) is 5.08. The first-order chi connectivity index (χ1) is 6.83. The molecule has 1 aliphatic carbocycles.